The lowest BCUT2D eigenvalue weighted by Gasteiger charge is -2.32. The minimum Gasteiger partial charge on any atom is -0.489 e. The van der Waals surface area contributed by atoms with Crippen molar-refractivity contribution in [1.82, 2.24) is 5.06 Å². The topological polar surface area (TPSA) is 75.8 Å². The molecule has 1 aliphatic rings. The second kappa shape index (κ2) is 5.16. The van der Waals surface area contributed by atoms with Gasteiger partial charge in [0.1, 0.15) is 11.9 Å². The molecule has 0 spiro atoms. The van der Waals surface area contributed by atoms with Gasteiger partial charge in [-0.3, -0.25) is 4.79 Å². The number of rotatable bonds is 3. The van der Waals surface area contributed by atoms with Crippen molar-refractivity contribution in [3.63, 3.8) is 0 Å². The summed E-state index contributed by atoms with van der Waals surface area (Å²) < 4.78 is 5.70. The smallest absolute Gasteiger partial charge is 0.222 e. The number of carbonyl (C=O) groups is 1. The van der Waals surface area contributed by atoms with E-state index in [1.807, 2.05) is 30.3 Å². The summed E-state index contributed by atoms with van der Waals surface area (Å²) in [5, 5.41) is 10.6. The second-order valence-corrected chi connectivity index (χ2v) is 4.26. The number of nitrogens with zero attached hydrogens (tertiary/aromatic N) is 1. The van der Waals surface area contributed by atoms with Crippen LogP contribution in [0.2, 0.25) is 0 Å². The second-order valence-electron chi connectivity index (χ2n) is 4.26. The monoisotopic (exact) mass is 236 g/mol. The number of hydroxylamine groups is 2. The maximum absolute atomic E-state index is 11.1. The van der Waals surface area contributed by atoms with Crippen LogP contribution >= 0.6 is 0 Å². The number of nitrogens with two attached hydrogens (primary N) is 1. The molecular formula is C12H16N2O3. The van der Waals surface area contributed by atoms with E-state index in [-0.39, 0.29) is 18.6 Å². The Bertz CT molecular complexity index is 383. The quantitative estimate of drug-likeness (QED) is 0.807. The van der Waals surface area contributed by atoms with Crippen molar-refractivity contribution in [2.45, 2.75) is 12.5 Å². The van der Waals surface area contributed by atoms with Crippen molar-refractivity contribution in [3.8, 4) is 5.75 Å². The van der Waals surface area contributed by atoms with E-state index in [9.17, 15) is 10.0 Å². The molecule has 1 amide bonds. The Balaban J connectivity index is 1.99. The van der Waals surface area contributed by atoms with Crippen LogP contribution in [0.25, 0.3) is 0 Å². The van der Waals surface area contributed by atoms with Crippen LogP contribution in [0.3, 0.4) is 0 Å². The maximum atomic E-state index is 11.1. The van der Waals surface area contributed by atoms with Crippen molar-refractivity contribution in [2.24, 2.45) is 11.7 Å². The Labute approximate surface area is 99.7 Å². The van der Waals surface area contributed by atoms with Gasteiger partial charge in [0.15, 0.2) is 0 Å². The molecule has 0 radical (unpaired) electrons. The summed E-state index contributed by atoms with van der Waals surface area (Å²) in [6, 6.07) is 9.34. The fraction of sp³-hybridized carbons (Fsp3) is 0.417. The molecule has 1 fully saturated rings. The van der Waals surface area contributed by atoms with Crippen molar-refractivity contribution in [1.29, 1.82) is 0 Å². The van der Waals surface area contributed by atoms with Gasteiger partial charge in [0, 0.05) is 6.54 Å². The maximum Gasteiger partial charge on any atom is 0.222 e. The molecule has 1 aromatic rings. The van der Waals surface area contributed by atoms with Gasteiger partial charge < -0.3 is 15.7 Å². The molecule has 5 heteroatoms. The standard InChI is InChI=1S/C12H16N2O3/c13-12(15)9-6-11(8-14(16)7-9)17-10-4-2-1-3-5-10/h1-5,9,11,16H,6-8H2,(H2,13,15). The van der Waals surface area contributed by atoms with Gasteiger partial charge in [0.05, 0.1) is 12.5 Å². The first-order valence-corrected chi connectivity index (χ1v) is 5.60. The Morgan fingerprint density at radius 3 is 2.71 bits per heavy atom. The van der Waals surface area contributed by atoms with Gasteiger partial charge in [-0.2, -0.15) is 5.06 Å². The molecule has 0 aliphatic carbocycles. The van der Waals surface area contributed by atoms with E-state index in [0.717, 1.165) is 10.8 Å². The summed E-state index contributed by atoms with van der Waals surface area (Å²) in [4.78, 5) is 11.1. The van der Waals surface area contributed by atoms with Gasteiger partial charge in [-0.05, 0) is 18.6 Å². The Morgan fingerprint density at radius 2 is 2.06 bits per heavy atom. The first kappa shape index (κ1) is 11.9. The first-order chi connectivity index (χ1) is 8.15. The summed E-state index contributed by atoms with van der Waals surface area (Å²) in [5.41, 5.74) is 5.25. The third-order valence-electron chi connectivity index (χ3n) is 2.84. The number of carbonyl (C=O) groups excluding carboxylic acids is 1. The number of primary amides is 1. The minimum absolute atomic E-state index is 0.214. The fourth-order valence-electron chi connectivity index (χ4n) is 2.01. The predicted molar refractivity (Wildman–Crippen MR) is 61.5 cm³/mol. The van der Waals surface area contributed by atoms with Crippen LogP contribution in [0.5, 0.6) is 5.75 Å². The van der Waals surface area contributed by atoms with E-state index in [2.05, 4.69) is 0 Å². The predicted octanol–water partition coefficient (Wildman–Crippen LogP) is 0.630. The molecule has 3 N–H and O–H groups in total. The lowest BCUT2D eigenvalue weighted by molar-refractivity contribution is -0.154. The molecule has 2 unspecified atom stereocenters. The summed E-state index contributed by atoms with van der Waals surface area (Å²) in [6.07, 6.45) is 0.329. The van der Waals surface area contributed by atoms with Crippen molar-refractivity contribution in [2.75, 3.05) is 13.1 Å². The molecule has 1 aliphatic heterocycles. The van der Waals surface area contributed by atoms with Crippen LogP contribution in [0.1, 0.15) is 6.42 Å². The van der Waals surface area contributed by atoms with Gasteiger partial charge in [0.2, 0.25) is 5.91 Å². The average molecular weight is 236 g/mol. The molecule has 0 aromatic heterocycles. The van der Waals surface area contributed by atoms with E-state index in [1.54, 1.807) is 0 Å². The molecule has 17 heavy (non-hydrogen) atoms. The van der Waals surface area contributed by atoms with E-state index in [4.69, 9.17) is 10.5 Å². The number of amides is 1. The van der Waals surface area contributed by atoms with Gasteiger partial charge in [0.25, 0.3) is 0 Å². The third-order valence-corrected chi connectivity index (χ3v) is 2.84. The summed E-state index contributed by atoms with van der Waals surface area (Å²) in [6.45, 7) is 0.669. The molecule has 92 valence electrons. The Hall–Kier alpha value is -1.59. The van der Waals surface area contributed by atoms with Crippen molar-refractivity contribution in [3.05, 3.63) is 30.3 Å². The van der Waals surface area contributed by atoms with Crippen LogP contribution in [0, 0.1) is 5.92 Å². The van der Waals surface area contributed by atoms with Crippen LogP contribution in [-0.2, 0) is 4.79 Å². The number of ether oxygens (including phenoxy) is 1. The first-order valence-electron chi connectivity index (χ1n) is 5.60. The summed E-state index contributed by atoms with van der Waals surface area (Å²) >= 11 is 0. The zero-order chi connectivity index (χ0) is 12.3. The fourth-order valence-corrected chi connectivity index (χ4v) is 2.01. The normalized spacial score (nSPS) is 25.5. The van der Waals surface area contributed by atoms with Crippen LogP contribution in [0.15, 0.2) is 30.3 Å². The third kappa shape index (κ3) is 3.18. The molecule has 0 saturated carbocycles. The summed E-state index contributed by atoms with van der Waals surface area (Å²) in [5.74, 6) is -0.0242. The van der Waals surface area contributed by atoms with Gasteiger partial charge in [-0.1, -0.05) is 18.2 Å². The molecule has 1 saturated heterocycles. The number of benzene rings is 1. The molecule has 2 rings (SSSR count). The van der Waals surface area contributed by atoms with Crippen molar-refractivity contribution >= 4 is 5.91 Å². The average Bonchev–Trinajstić information content (AvgIpc) is 2.29. The van der Waals surface area contributed by atoms with E-state index >= 15 is 0 Å². The number of hydrogen-bond donors (Lipinski definition) is 2. The molecule has 5 nitrogen and oxygen atoms in total. The van der Waals surface area contributed by atoms with Crippen LogP contribution < -0.4 is 10.5 Å². The van der Waals surface area contributed by atoms with E-state index in [1.165, 1.54) is 0 Å². The highest BCUT2D eigenvalue weighted by atomic mass is 16.5. The SMILES string of the molecule is NC(=O)C1CC(Oc2ccccc2)CN(O)C1. The highest BCUT2D eigenvalue weighted by molar-refractivity contribution is 5.77. The zero-order valence-electron chi connectivity index (χ0n) is 9.45. The van der Waals surface area contributed by atoms with Gasteiger partial charge in [-0.15, -0.1) is 0 Å². The molecule has 1 heterocycles. The lowest BCUT2D eigenvalue weighted by atomic mass is 9.96. The Kier molecular flexibility index (Phi) is 3.61. The number of hydrogen-bond acceptors (Lipinski definition) is 4. The highest BCUT2D eigenvalue weighted by Crippen LogP contribution is 2.20. The van der Waals surface area contributed by atoms with E-state index in [0.29, 0.717) is 13.0 Å². The molecule has 1 aromatic carbocycles. The molecular weight excluding hydrogens is 220 g/mol. The van der Waals surface area contributed by atoms with Crippen molar-refractivity contribution < 1.29 is 14.7 Å². The minimum atomic E-state index is -0.398. The largest absolute Gasteiger partial charge is 0.489 e. The van der Waals surface area contributed by atoms with Crippen LogP contribution in [-0.4, -0.2) is 35.4 Å². The lowest BCUT2D eigenvalue weighted by Crippen LogP contribution is -2.47. The van der Waals surface area contributed by atoms with Crippen LogP contribution in [0.4, 0.5) is 0 Å². The molecule has 2 atom stereocenters. The summed E-state index contributed by atoms with van der Waals surface area (Å²) in [7, 11) is 0. The molecule has 0 bridgehead atoms. The van der Waals surface area contributed by atoms with Gasteiger partial charge in [-0.25, -0.2) is 0 Å². The Morgan fingerprint density at radius 1 is 1.35 bits per heavy atom. The van der Waals surface area contributed by atoms with Gasteiger partial charge >= 0.3 is 0 Å². The highest BCUT2D eigenvalue weighted by Gasteiger charge is 2.31. The zero-order valence-corrected chi connectivity index (χ0v) is 9.45. The number of para-hydroxylation sites is 1. The van der Waals surface area contributed by atoms with E-state index < -0.39 is 5.91 Å². The number of piperidine rings is 1.